The summed E-state index contributed by atoms with van der Waals surface area (Å²) in [6.07, 6.45) is 4.67. The van der Waals surface area contributed by atoms with E-state index in [4.69, 9.17) is 0 Å². The van der Waals surface area contributed by atoms with E-state index in [-0.39, 0.29) is 17.5 Å². The highest BCUT2D eigenvalue weighted by Crippen LogP contribution is 2.57. The van der Waals surface area contributed by atoms with Gasteiger partial charge in [-0.25, -0.2) is 4.39 Å². The van der Waals surface area contributed by atoms with Crippen LogP contribution in [0.15, 0.2) is 24.3 Å². The first-order chi connectivity index (χ1) is 9.22. The summed E-state index contributed by atoms with van der Waals surface area (Å²) in [4.78, 5) is 12.5. The zero-order valence-electron chi connectivity index (χ0n) is 10.7. The van der Waals surface area contributed by atoms with Gasteiger partial charge in [0.2, 0.25) is 0 Å². The second-order valence-corrected chi connectivity index (χ2v) is 5.65. The maximum atomic E-state index is 12.9. The van der Waals surface area contributed by atoms with E-state index in [1.165, 1.54) is 25.0 Å². The Hall–Kier alpha value is -1.69. The number of hydrogen-bond donors (Lipinski definition) is 0. The number of rotatable bonds is 3. The van der Waals surface area contributed by atoms with Crippen molar-refractivity contribution in [3.05, 3.63) is 35.6 Å². The zero-order chi connectivity index (χ0) is 13.4. The first kappa shape index (κ1) is 12.3. The van der Waals surface area contributed by atoms with E-state index in [0.29, 0.717) is 17.4 Å². The smallest absolute Gasteiger partial charge is 0.158 e. The van der Waals surface area contributed by atoms with Crippen molar-refractivity contribution in [2.45, 2.75) is 31.6 Å². The summed E-state index contributed by atoms with van der Waals surface area (Å²) in [6, 6.07) is 7.82. The third-order valence-electron chi connectivity index (χ3n) is 4.60. The van der Waals surface area contributed by atoms with E-state index >= 15 is 0 Å². The molecule has 0 spiro atoms. The van der Waals surface area contributed by atoms with E-state index in [1.54, 1.807) is 12.1 Å². The second-order valence-electron chi connectivity index (χ2n) is 5.65. The molecule has 1 aromatic rings. The lowest BCUT2D eigenvalue weighted by molar-refractivity contribution is -0.121. The molecule has 3 heteroatoms. The molecular formula is C16H16FNO. The van der Waals surface area contributed by atoms with E-state index in [9.17, 15) is 14.4 Å². The number of hydrogen-bond acceptors (Lipinski definition) is 2. The molecular weight excluding hydrogens is 241 g/mol. The SMILES string of the molecule is N#CC(C(=O)C1C2CCCCC21)c1ccc(F)cc1. The van der Waals surface area contributed by atoms with Gasteiger partial charge in [0, 0.05) is 5.92 Å². The highest BCUT2D eigenvalue weighted by atomic mass is 19.1. The minimum absolute atomic E-state index is 0.0472. The number of benzene rings is 1. The minimum atomic E-state index is -0.726. The summed E-state index contributed by atoms with van der Waals surface area (Å²) in [5, 5.41) is 9.26. The Morgan fingerprint density at radius 2 is 1.79 bits per heavy atom. The zero-order valence-corrected chi connectivity index (χ0v) is 10.7. The van der Waals surface area contributed by atoms with E-state index < -0.39 is 5.92 Å². The van der Waals surface area contributed by atoms with Gasteiger partial charge in [-0.05, 0) is 42.4 Å². The standard InChI is InChI=1S/C16H16FNO/c17-11-7-5-10(6-8-11)14(9-18)16(19)15-12-3-1-2-4-13(12)15/h5-8,12-15H,1-4H2. The molecule has 2 saturated carbocycles. The van der Waals surface area contributed by atoms with Crippen molar-refractivity contribution in [1.82, 2.24) is 0 Å². The van der Waals surface area contributed by atoms with Crippen molar-refractivity contribution in [1.29, 1.82) is 5.26 Å². The van der Waals surface area contributed by atoms with Gasteiger partial charge in [0.25, 0.3) is 0 Å². The Morgan fingerprint density at radius 1 is 1.21 bits per heavy atom. The van der Waals surface area contributed by atoms with Gasteiger partial charge in [-0.2, -0.15) is 5.26 Å². The van der Waals surface area contributed by atoms with Crippen molar-refractivity contribution in [3.8, 4) is 6.07 Å². The molecule has 2 fully saturated rings. The molecule has 0 saturated heterocycles. The molecule has 98 valence electrons. The molecule has 0 bridgehead atoms. The minimum Gasteiger partial charge on any atom is -0.298 e. The molecule has 2 aliphatic rings. The average Bonchev–Trinajstić information content (AvgIpc) is 3.16. The van der Waals surface area contributed by atoms with Crippen LogP contribution >= 0.6 is 0 Å². The first-order valence-corrected chi connectivity index (χ1v) is 6.91. The molecule has 2 nitrogen and oxygen atoms in total. The molecule has 0 N–H and O–H groups in total. The summed E-state index contributed by atoms with van der Waals surface area (Å²) >= 11 is 0. The highest BCUT2D eigenvalue weighted by molar-refractivity contribution is 5.93. The summed E-state index contributed by atoms with van der Waals surface area (Å²) in [7, 11) is 0. The van der Waals surface area contributed by atoms with Crippen LogP contribution < -0.4 is 0 Å². The highest BCUT2D eigenvalue weighted by Gasteiger charge is 2.55. The van der Waals surface area contributed by atoms with Crippen LogP contribution in [0.4, 0.5) is 4.39 Å². The molecule has 19 heavy (non-hydrogen) atoms. The van der Waals surface area contributed by atoms with Crippen molar-refractivity contribution in [2.24, 2.45) is 17.8 Å². The maximum Gasteiger partial charge on any atom is 0.158 e. The largest absolute Gasteiger partial charge is 0.298 e. The Balaban J connectivity index is 1.78. The number of Topliss-reactive ketones (excluding diaryl/α,β-unsaturated/α-hetero) is 1. The summed E-state index contributed by atoms with van der Waals surface area (Å²) in [6.45, 7) is 0. The third kappa shape index (κ3) is 2.16. The number of halogens is 1. The van der Waals surface area contributed by atoms with Crippen LogP contribution in [0.1, 0.15) is 37.2 Å². The van der Waals surface area contributed by atoms with E-state index in [2.05, 4.69) is 6.07 Å². The van der Waals surface area contributed by atoms with Crippen LogP contribution in [0.25, 0.3) is 0 Å². The number of fused-ring (bicyclic) bond motifs is 1. The van der Waals surface area contributed by atoms with Gasteiger partial charge in [-0.3, -0.25) is 4.79 Å². The molecule has 0 aromatic heterocycles. The van der Waals surface area contributed by atoms with Crippen LogP contribution in [0, 0.1) is 34.9 Å². The van der Waals surface area contributed by atoms with Gasteiger partial charge in [0.15, 0.2) is 5.78 Å². The summed E-state index contributed by atoms with van der Waals surface area (Å²) < 4.78 is 12.9. The lowest BCUT2D eigenvalue weighted by Gasteiger charge is -2.08. The number of ketones is 1. The maximum absolute atomic E-state index is 12.9. The van der Waals surface area contributed by atoms with Gasteiger partial charge in [-0.15, -0.1) is 0 Å². The Bertz CT molecular complexity index is 519. The van der Waals surface area contributed by atoms with Gasteiger partial charge < -0.3 is 0 Å². The van der Waals surface area contributed by atoms with Crippen molar-refractivity contribution in [3.63, 3.8) is 0 Å². The molecule has 1 aromatic carbocycles. The van der Waals surface area contributed by atoms with Crippen LogP contribution in [0.5, 0.6) is 0 Å². The molecule has 0 aliphatic heterocycles. The fraction of sp³-hybridized carbons (Fsp3) is 0.500. The number of nitrogens with zero attached hydrogens (tertiary/aromatic N) is 1. The monoisotopic (exact) mass is 257 g/mol. The third-order valence-corrected chi connectivity index (χ3v) is 4.60. The van der Waals surface area contributed by atoms with Crippen molar-refractivity contribution < 1.29 is 9.18 Å². The molecule has 0 radical (unpaired) electrons. The fourth-order valence-electron chi connectivity index (χ4n) is 3.56. The molecule has 3 unspecified atom stereocenters. The summed E-state index contributed by atoms with van der Waals surface area (Å²) in [5.74, 6) is 0.0856. The van der Waals surface area contributed by atoms with Gasteiger partial charge >= 0.3 is 0 Å². The first-order valence-electron chi connectivity index (χ1n) is 6.91. The predicted octanol–water partition coefficient (Wildman–Crippen LogP) is 3.44. The van der Waals surface area contributed by atoms with Crippen molar-refractivity contribution >= 4 is 5.78 Å². The Kier molecular flexibility index (Phi) is 3.10. The van der Waals surface area contributed by atoms with Crippen LogP contribution in [0.2, 0.25) is 0 Å². The average molecular weight is 257 g/mol. The molecule has 3 rings (SSSR count). The van der Waals surface area contributed by atoms with Crippen LogP contribution in [-0.4, -0.2) is 5.78 Å². The van der Waals surface area contributed by atoms with Gasteiger partial charge in [0.1, 0.15) is 11.7 Å². The van der Waals surface area contributed by atoms with Gasteiger partial charge in [-0.1, -0.05) is 25.0 Å². The quantitative estimate of drug-likeness (QED) is 0.832. The van der Waals surface area contributed by atoms with E-state index in [0.717, 1.165) is 12.8 Å². The molecule has 0 heterocycles. The summed E-state index contributed by atoms with van der Waals surface area (Å²) in [5.41, 5.74) is 0.623. The van der Waals surface area contributed by atoms with Crippen LogP contribution in [-0.2, 0) is 4.79 Å². The van der Waals surface area contributed by atoms with Gasteiger partial charge in [0.05, 0.1) is 6.07 Å². The number of carbonyl (C=O) groups excluding carboxylic acids is 1. The Morgan fingerprint density at radius 3 is 2.32 bits per heavy atom. The molecule has 3 atom stereocenters. The Labute approximate surface area is 112 Å². The number of nitriles is 1. The van der Waals surface area contributed by atoms with Crippen LogP contribution in [0.3, 0.4) is 0 Å². The molecule has 2 aliphatic carbocycles. The van der Waals surface area contributed by atoms with Crippen molar-refractivity contribution in [2.75, 3.05) is 0 Å². The van der Waals surface area contributed by atoms with E-state index in [1.807, 2.05) is 0 Å². The predicted molar refractivity (Wildman–Crippen MR) is 68.7 cm³/mol. The second kappa shape index (κ2) is 4.77. The lowest BCUT2D eigenvalue weighted by atomic mass is 9.92. The lowest BCUT2D eigenvalue weighted by Crippen LogP contribution is -2.14. The fourth-order valence-corrected chi connectivity index (χ4v) is 3.56. The molecule has 0 amide bonds. The normalized spacial score (nSPS) is 30.0. The number of carbonyl (C=O) groups is 1. The topological polar surface area (TPSA) is 40.9 Å².